The number of likely N-dealkylation sites (N-methyl/N-ethyl adjacent to an activating group) is 1. The Labute approximate surface area is 75.7 Å². The lowest BCUT2D eigenvalue weighted by molar-refractivity contribution is 0.789. The summed E-state index contributed by atoms with van der Waals surface area (Å²) in [6.45, 7) is 6.35. The highest BCUT2D eigenvalue weighted by molar-refractivity contribution is 7.80. The van der Waals surface area contributed by atoms with Crippen molar-refractivity contribution < 1.29 is 0 Å². The topological polar surface area (TPSA) is 12.0 Å². The van der Waals surface area contributed by atoms with Crippen LogP contribution in [0.5, 0.6) is 0 Å². The summed E-state index contributed by atoms with van der Waals surface area (Å²) >= 11 is 4.26. The van der Waals surface area contributed by atoms with Crippen molar-refractivity contribution in [3.63, 3.8) is 0 Å². The molecule has 0 aromatic heterocycles. The van der Waals surface area contributed by atoms with Crippen LogP contribution in [0.4, 0.5) is 0 Å². The molecule has 0 aliphatic heterocycles. The van der Waals surface area contributed by atoms with Gasteiger partial charge in [0.25, 0.3) is 0 Å². The van der Waals surface area contributed by atoms with Crippen molar-refractivity contribution in [2.75, 3.05) is 18.8 Å². The van der Waals surface area contributed by atoms with E-state index in [4.69, 9.17) is 0 Å². The molecule has 0 aliphatic rings. The minimum atomic E-state index is 0.902. The van der Waals surface area contributed by atoms with Gasteiger partial charge in [-0.25, -0.2) is 0 Å². The van der Waals surface area contributed by atoms with Gasteiger partial charge in [0, 0.05) is 12.3 Å². The zero-order chi connectivity index (χ0) is 8.53. The smallest absolute Gasteiger partial charge is 0.0137 e. The highest BCUT2D eigenvalue weighted by atomic mass is 32.1. The summed E-state index contributed by atoms with van der Waals surface area (Å²) in [5, 5.41) is 3.26. The summed E-state index contributed by atoms with van der Waals surface area (Å²) in [4.78, 5) is 0. The predicted molar refractivity (Wildman–Crippen MR) is 55.4 cm³/mol. The Kier molecular flexibility index (Phi) is 8.19. The molecule has 0 unspecified atom stereocenters. The van der Waals surface area contributed by atoms with Crippen molar-refractivity contribution in [2.45, 2.75) is 26.7 Å². The fraction of sp³-hybridized carbons (Fsp3) is 0.778. The van der Waals surface area contributed by atoms with Gasteiger partial charge in [0.15, 0.2) is 0 Å². The average molecular weight is 173 g/mol. The van der Waals surface area contributed by atoms with Crippen LogP contribution in [-0.2, 0) is 0 Å². The Balaban J connectivity index is 3.52. The maximum absolute atomic E-state index is 4.26. The van der Waals surface area contributed by atoms with Crippen molar-refractivity contribution in [3.8, 4) is 0 Å². The molecule has 0 spiro atoms. The first kappa shape index (κ1) is 11.1. The summed E-state index contributed by atoms with van der Waals surface area (Å²) in [7, 11) is 0. The normalized spacial score (nSPS) is 12.1. The molecular formula is C9H19NS. The third-order valence-electron chi connectivity index (χ3n) is 1.56. The number of hydrogen-bond donors (Lipinski definition) is 2. The molecule has 0 rings (SSSR count). The standard InChI is InChI=1S/C9H19NS/c1-3-5-9(8-11)6-7-10-4-2/h6,10-11H,3-5,7-8H2,1-2H3/b9-6+. The lowest BCUT2D eigenvalue weighted by Gasteiger charge is -2.01. The first-order valence-corrected chi connectivity index (χ1v) is 4.97. The Bertz CT molecular complexity index is 110. The Morgan fingerprint density at radius 3 is 2.64 bits per heavy atom. The van der Waals surface area contributed by atoms with Gasteiger partial charge in [0.05, 0.1) is 0 Å². The number of thiol groups is 1. The summed E-state index contributed by atoms with van der Waals surface area (Å²) in [6, 6.07) is 0. The zero-order valence-corrected chi connectivity index (χ0v) is 8.45. The van der Waals surface area contributed by atoms with Crippen molar-refractivity contribution in [1.82, 2.24) is 5.32 Å². The van der Waals surface area contributed by atoms with E-state index in [1.54, 1.807) is 0 Å². The number of hydrogen-bond acceptors (Lipinski definition) is 2. The van der Waals surface area contributed by atoms with E-state index in [9.17, 15) is 0 Å². The maximum atomic E-state index is 4.26. The first-order chi connectivity index (χ1) is 5.35. The van der Waals surface area contributed by atoms with Crippen molar-refractivity contribution >= 4 is 12.6 Å². The molecule has 0 aromatic rings. The third kappa shape index (κ3) is 6.45. The van der Waals surface area contributed by atoms with Gasteiger partial charge in [-0.05, 0) is 13.0 Å². The molecule has 0 aromatic carbocycles. The van der Waals surface area contributed by atoms with Crippen LogP contribution in [0.3, 0.4) is 0 Å². The highest BCUT2D eigenvalue weighted by Gasteiger charge is 1.90. The quantitative estimate of drug-likeness (QED) is 0.357. The van der Waals surface area contributed by atoms with Gasteiger partial charge < -0.3 is 5.32 Å². The average Bonchev–Trinajstić information content (AvgIpc) is 2.03. The van der Waals surface area contributed by atoms with Crippen LogP contribution in [0.15, 0.2) is 11.6 Å². The molecule has 0 saturated carbocycles. The second-order valence-corrected chi connectivity index (χ2v) is 2.89. The highest BCUT2D eigenvalue weighted by Crippen LogP contribution is 2.05. The Morgan fingerprint density at radius 2 is 2.18 bits per heavy atom. The molecule has 2 heteroatoms. The molecule has 11 heavy (non-hydrogen) atoms. The van der Waals surface area contributed by atoms with E-state index in [0.29, 0.717) is 0 Å². The predicted octanol–water partition coefficient (Wildman–Crippen LogP) is 2.25. The van der Waals surface area contributed by atoms with Crippen LogP contribution in [0.25, 0.3) is 0 Å². The SMILES string of the molecule is CCC/C(=C\CNCC)CS. The van der Waals surface area contributed by atoms with Crippen LogP contribution in [0.2, 0.25) is 0 Å². The zero-order valence-electron chi connectivity index (χ0n) is 7.56. The lowest BCUT2D eigenvalue weighted by atomic mass is 10.1. The summed E-state index contributed by atoms with van der Waals surface area (Å²) in [5.74, 6) is 0.902. The van der Waals surface area contributed by atoms with Gasteiger partial charge in [-0.3, -0.25) is 0 Å². The van der Waals surface area contributed by atoms with Crippen LogP contribution in [0.1, 0.15) is 26.7 Å². The molecule has 1 N–H and O–H groups in total. The largest absolute Gasteiger partial charge is 0.314 e. The molecule has 0 bridgehead atoms. The second-order valence-electron chi connectivity index (χ2n) is 2.58. The molecule has 0 aliphatic carbocycles. The van der Waals surface area contributed by atoms with Crippen molar-refractivity contribution in [3.05, 3.63) is 11.6 Å². The monoisotopic (exact) mass is 173 g/mol. The number of nitrogens with one attached hydrogen (secondary N) is 1. The van der Waals surface area contributed by atoms with Crippen LogP contribution >= 0.6 is 12.6 Å². The van der Waals surface area contributed by atoms with Gasteiger partial charge in [0.2, 0.25) is 0 Å². The fourth-order valence-corrected chi connectivity index (χ4v) is 1.21. The minimum Gasteiger partial charge on any atom is -0.314 e. The number of rotatable bonds is 6. The van der Waals surface area contributed by atoms with Crippen molar-refractivity contribution in [1.29, 1.82) is 0 Å². The van der Waals surface area contributed by atoms with E-state index in [2.05, 4.69) is 37.9 Å². The van der Waals surface area contributed by atoms with Crippen molar-refractivity contribution in [2.24, 2.45) is 0 Å². The minimum absolute atomic E-state index is 0.902. The van der Waals surface area contributed by atoms with E-state index < -0.39 is 0 Å². The van der Waals surface area contributed by atoms with Gasteiger partial charge in [-0.15, -0.1) is 0 Å². The van der Waals surface area contributed by atoms with E-state index in [1.165, 1.54) is 18.4 Å². The first-order valence-electron chi connectivity index (χ1n) is 4.34. The van der Waals surface area contributed by atoms with Gasteiger partial charge in [-0.1, -0.05) is 31.9 Å². The molecule has 1 nitrogen and oxygen atoms in total. The van der Waals surface area contributed by atoms with E-state index in [1.807, 2.05) is 0 Å². The Morgan fingerprint density at radius 1 is 1.45 bits per heavy atom. The van der Waals surface area contributed by atoms with Crippen LogP contribution < -0.4 is 5.32 Å². The fourth-order valence-electron chi connectivity index (χ4n) is 0.928. The van der Waals surface area contributed by atoms with Gasteiger partial charge in [-0.2, -0.15) is 12.6 Å². The summed E-state index contributed by atoms with van der Waals surface area (Å²) in [6.07, 6.45) is 4.66. The van der Waals surface area contributed by atoms with Crippen LogP contribution in [-0.4, -0.2) is 18.8 Å². The van der Waals surface area contributed by atoms with E-state index in [-0.39, 0.29) is 0 Å². The maximum Gasteiger partial charge on any atom is 0.0137 e. The molecule has 0 fully saturated rings. The van der Waals surface area contributed by atoms with E-state index >= 15 is 0 Å². The molecule has 0 saturated heterocycles. The summed E-state index contributed by atoms with van der Waals surface area (Å²) in [5.41, 5.74) is 1.46. The molecule has 0 radical (unpaired) electrons. The third-order valence-corrected chi connectivity index (χ3v) is 1.97. The van der Waals surface area contributed by atoms with Crippen LogP contribution in [0, 0.1) is 0 Å². The molecular weight excluding hydrogens is 154 g/mol. The molecule has 66 valence electrons. The second kappa shape index (κ2) is 8.15. The lowest BCUT2D eigenvalue weighted by Crippen LogP contribution is -2.12. The van der Waals surface area contributed by atoms with Gasteiger partial charge in [0.1, 0.15) is 0 Å². The molecule has 0 atom stereocenters. The summed E-state index contributed by atoms with van der Waals surface area (Å²) < 4.78 is 0. The van der Waals surface area contributed by atoms with Gasteiger partial charge >= 0.3 is 0 Å². The van der Waals surface area contributed by atoms with E-state index in [0.717, 1.165) is 18.8 Å². The Hall–Kier alpha value is 0.0500. The molecule has 0 amide bonds. The molecule has 0 heterocycles.